The van der Waals surface area contributed by atoms with E-state index in [0.29, 0.717) is 16.6 Å². The van der Waals surface area contributed by atoms with Gasteiger partial charge in [0.1, 0.15) is 5.69 Å². The summed E-state index contributed by atoms with van der Waals surface area (Å²) in [6, 6.07) is 11.2. The molecule has 0 aliphatic carbocycles. The number of aromatic hydroxyl groups is 1. The Morgan fingerprint density at radius 2 is 1.52 bits per heavy atom. The molecule has 5 nitrogen and oxygen atoms in total. The fraction of sp³-hybridized carbons (Fsp3) is 0. The summed E-state index contributed by atoms with van der Waals surface area (Å²) >= 11 is 6.83. The van der Waals surface area contributed by atoms with E-state index in [-0.39, 0.29) is 11.6 Å². The van der Waals surface area contributed by atoms with E-state index in [2.05, 4.69) is 47.0 Å². The Kier molecular flexibility index (Phi) is 3.28. The van der Waals surface area contributed by atoms with E-state index in [1.54, 1.807) is 0 Å². The highest BCUT2D eigenvalue weighted by Crippen LogP contribution is 2.45. The van der Waals surface area contributed by atoms with Crippen molar-refractivity contribution in [3.8, 4) is 17.1 Å². The number of aromatic amines is 2. The lowest BCUT2D eigenvalue weighted by Crippen LogP contribution is -1.77. The second-order valence-electron chi connectivity index (χ2n) is 5.17. The minimum Gasteiger partial charge on any atom is -0.494 e. The molecular formula is C16H9Br2N3O2. The van der Waals surface area contributed by atoms with Gasteiger partial charge >= 0.3 is 0 Å². The standard InChI is InChI=1S/C16H9Br2N3O2/c17-7-1-3-11-9(5-7)13(16(22)20-11)15-14(21-23)10-6-8(18)2-4-12(10)19-15/h1-6,19-20,22H. The van der Waals surface area contributed by atoms with Crippen molar-refractivity contribution in [1.29, 1.82) is 0 Å². The van der Waals surface area contributed by atoms with Gasteiger partial charge in [-0.1, -0.05) is 31.9 Å². The molecule has 0 atom stereocenters. The minimum absolute atomic E-state index is 0.00591. The number of hydrogen-bond acceptors (Lipinski definition) is 3. The molecule has 114 valence electrons. The molecule has 0 amide bonds. The molecule has 0 aliphatic heterocycles. The molecule has 0 saturated heterocycles. The average Bonchev–Trinajstić information content (AvgIpc) is 3.02. The van der Waals surface area contributed by atoms with E-state index in [1.165, 1.54) is 0 Å². The Morgan fingerprint density at radius 3 is 2.17 bits per heavy atom. The van der Waals surface area contributed by atoms with Crippen LogP contribution in [0.5, 0.6) is 5.88 Å². The van der Waals surface area contributed by atoms with Crippen molar-refractivity contribution in [3.05, 3.63) is 50.3 Å². The van der Waals surface area contributed by atoms with Crippen LogP contribution in [0.15, 0.2) is 50.5 Å². The highest BCUT2D eigenvalue weighted by Gasteiger charge is 2.21. The molecule has 0 bridgehead atoms. The van der Waals surface area contributed by atoms with Gasteiger partial charge in [-0.3, -0.25) is 0 Å². The largest absolute Gasteiger partial charge is 0.494 e. The van der Waals surface area contributed by atoms with Crippen LogP contribution in [0.4, 0.5) is 5.69 Å². The molecule has 0 spiro atoms. The smallest absolute Gasteiger partial charge is 0.199 e. The predicted octanol–water partition coefficient (Wildman–Crippen LogP) is 5.94. The summed E-state index contributed by atoms with van der Waals surface area (Å²) in [7, 11) is 0. The Morgan fingerprint density at radius 1 is 0.913 bits per heavy atom. The maximum Gasteiger partial charge on any atom is 0.199 e. The number of hydrogen-bond donors (Lipinski definition) is 3. The quantitative estimate of drug-likeness (QED) is 0.341. The fourth-order valence-corrected chi connectivity index (χ4v) is 3.55. The fourth-order valence-electron chi connectivity index (χ4n) is 2.83. The van der Waals surface area contributed by atoms with Gasteiger partial charge in [0.15, 0.2) is 5.88 Å². The molecule has 7 heteroatoms. The van der Waals surface area contributed by atoms with E-state index in [4.69, 9.17) is 0 Å². The first kappa shape index (κ1) is 14.5. The van der Waals surface area contributed by atoms with Crippen LogP contribution in [0.2, 0.25) is 0 Å². The third kappa shape index (κ3) is 2.19. The Balaban J connectivity index is 2.12. The summed E-state index contributed by atoms with van der Waals surface area (Å²) in [5.74, 6) is -0.00591. The average molecular weight is 435 g/mol. The lowest BCUT2D eigenvalue weighted by molar-refractivity contribution is 0.460. The second kappa shape index (κ2) is 5.21. The van der Waals surface area contributed by atoms with Gasteiger partial charge < -0.3 is 15.1 Å². The first-order chi connectivity index (χ1) is 11.1. The van der Waals surface area contributed by atoms with Gasteiger partial charge in [-0.2, -0.15) is 0 Å². The number of fused-ring (bicyclic) bond motifs is 2. The number of H-pyrrole nitrogens is 2. The minimum atomic E-state index is -0.00591. The first-order valence-electron chi connectivity index (χ1n) is 6.73. The first-order valence-corrected chi connectivity index (χ1v) is 8.32. The number of nitroso groups, excluding NO2 is 1. The molecular weight excluding hydrogens is 426 g/mol. The van der Waals surface area contributed by atoms with Gasteiger partial charge in [-0.05, 0) is 41.6 Å². The molecule has 0 fully saturated rings. The van der Waals surface area contributed by atoms with Gasteiger partial charge in [0, 0.05) is 30.8 Å². The summed E-state index contributed by atoms with van der Waals surface area (Å²) in [4.78, 5) is 17.5. The summed E-state index contributed by atoms with van der Waals surface area (Å²) in [5.41, 5.74) is 2.86. The third-order valence-corrected chi connectivity index (χ3v) is 4.80. The van der Waals surface area contributed by atoms with Gasteiger partial charge in [-0.15, -0.1) is 4.91 Å². The van der Waals surface area contributed by atoms with Gasteiger partial charge in [0.25, 0.3) is 0 Å². The van der Waals surface area contributed by atoms with Crippen LogP contribution in [0.1, 0.15) is 0 Å². The van der Waals surface area contributed by atoms with E-state index in [1.807, 2.05) is 36.4 Å². The zero-order valence-corrected chi connectivity index (χ0v) is 14.7. The van der Waals surface area contributed by atoms with Gasteiger partial charge in [0.2, 0.25) is 0 Å². The van der Waals surface area contributed by atoms with Crippen LogP contribution in [-0.2, 0) is 0 Å². The summed E-state index contributed by atoms with van der Waals surface area (Å²) in [6.45, 7) is 0. The zero-order chi connectivity index (χ0) is 16.1. The van der Waals surface area contributed by atoms with Crippen molar-refractivity contribution in [1.82, 2.24) is 9.97 Å². The highest BCUT2D eigenvalue weighted by molar-refractivity contribution is 9.10. The number of rotatable bonds is 2. The lowest BCUT2D eigenvalue weighted by Gasteiger charge is -1.99. The monoisotopic (exact) mass is 433 g/mol. The van der Waals surface area contributed by atoms with Crippen molar-refractivity contribution in [2.45, 2.75) is 0 Å². The molecule has 2 heterocycles. The number of halogens is 2. The van der Waals surface area contributed by atoms with Crippen LogP contribution in [0.25, 0.3) is 33.1 Å². The number of aromatic nitrogens is 2. The number of nitrogens with one attached hydrogen (secondary N) is 2. The second-order valence-corrected chi connectivity index (χ2v) is 7.00. The summed E-state index contributed by atoms with van der Waals surface area (Å²) in [6.07, 6.45) is 0. The molecule has 0 aliphatic rings. The molecule has 0 unspecified atom stereocenters. The van der Waals surface area contributed by atoms with Crippen molar-refractivity contribution < 1.29 is 5.11 Å². The van der Waals surface area contributed by atoms with E-state index < -0.39 is 0 Å². The summed E-state index contributed by atoms with van der Waals surface area (Å²) < 4.78 is 1.73. The van der Waals surface area contributed by atoms with Crippen LogP contribution < -0.4 is 0 Å². The number of benzene rings is 2. The topological polar surface area (TPSA) is 81.2 Å². The van der Waals surface area contributed by atoms with Crippen LogP contribution in [-0.4, -0.2) is 15.1 Å². The maximum absolute atomic E-state index is 11.4. The van der Waals surface area contributed by atoms with Crippen LogP contribution in [0, 0.1) is 4.91 Å². The SMILES string of the molecule is O=Nc1c(-c2c(O)[nH]c3ccc(Br)cc23)[nH]c2ccc(Br)cc12. The molecule has 2 aromatic heterocycles. The molecule has 0 radical (unpaired) electrons. The third-order valence-electron chi connectivity index (χ3n) is 3.82. The molecule has 0 saturated carbocycles. The Bertz CT molecular complexity index is 1080. The summed E-state index contributed by atoms with van der Waals surface area (Å²) in [5, 5.41) is 15.0. The van der Waals surface area contributed by atoms with Crippen molar-refractivity contribution in [2.24, 2.45) is 5.18 Å². The predicted molar refractivity (Wildman–Crippen MR) is 98.1 cm³/mol. The van der Waals surface area contributed by atoms with Crippen molar-refractivity contribution in [2.75, 3.05) is 0 Å². The van der Waals surface area contributed by atoms with Crippen LogP contribution in [0.3, 0.4) is 0 Å². The molecule has 4 rings (SSSR count). The molecule has 23 heavy (non-hydrogen) atoms. The lowest BCUT2D eigenvalue weighted by atomic mass is 10.1. The maximum atomic E-state index is 11.4. The molecule has 4 aromatic rings. The van der Waals surface area contributed by atoms with Crippen LogP contribution >= 0.6 is 31.9 Å². The molecule has 2 aromatic carbocycles. The van der Waals surface area contributed by atoms with E-state index in [0.717, 1.165) is 25.4 Å². The van der Waals surface area contributed by atoms with E-state index >= 15 is 0 Å². The normalized spacial score (nSPS) is 11.4. The van der Waals surface area contributed by atoms with Gasteiger partial charge in [0.05, 0.1) is 11.3 Å². The highest BCUT2D eigenvalue weighted by atomic mass is 79.9. The van der Waals surface area contributed by atoms with E-state index in [9.17, 15) is 10.0 Å². The zero-order valence-electron chi connectivity index (χ0n) is 11.5. The Labute approximate surface area is 146 Å². The van der Waals surface area contributed by atoms with Gasteiger partial charge in [-0.25, -0.2) is 0 Å². The molecule has 3 N–H and O–H groups in total. The number of nitrogens with zero attached hydrogens (tertiary/aromatic N) is 1. The van der Waals surface area contributed by atoms with Crippen molar-refractivity contribution in [3.63, 3.8) is 0 Å². The Hall–Kier alpha value is -2.12. The van der Waals surface area contributed by atoms with Crippen molar-refractivity contribution >= 4 is 59.4 Å².